The van der Waals surface area contributed by atoms with Crippen LogP contribution in [-0.4, -0.2) is 19.4 Å². The number of rotatable bonds is 5. The molecule has 0 radical (unpaired) electrons. The maximum Gasteiger partial charge on any atom is 0.243 e. The predicted octanol–water partition coefficient (Wildman–Crippen LogP) is 1.83. The van der Waals surface area contributed by atoms with Crippen molar-refractivity contribution in [2.45, 2.75) is 30.7 Å². The van der Waals surface area contributed by atoms with Gasteiger partial charge in [0.05, 0.1) is 6.04 Å². The first kappa shape index (κ1) is 14.4. The number of aromatic nitrogens is 1. The van der Waals surface area contributed by atoms with Gasteiger partial charge in [-0.05, 0) is 24.6 Å². The molecule has 0 aliphatic carbocycles. The summed E-state index contributed by atoms with van der Waals surface area (Å²) in [4.78, 5) is 3.08. The molecule has 6 heteroatoms. The van der Waals surface area contributed by atoms with E-state index in [9.17, 15) is 8.42 Å². The summed E-state index contributed by atoms with van der Waals surface area (Å²) in [5.41, 5.74) is 6.93. The first-order valence-electron chi connectivity index (χ1n) is 6.33. The van der Waals surface area contributed by atoms with Gasteiger partial charge in [0, 0.05) is 22.8 Å². The van der Waals surface area contributed by atoms with Gasteiger partial charge in [-0.2, -0.15) is 4.72 Å². The number of aromatic amines is 1. The highest BCUT2D eigenvalue weighted by molar-refractivity contribution is 7.89. The van der Waals surface area contributed by atoms with Crippen LogP contribution in [0.2, 0.25) is 0 Å². The fourth-order valence-corrected chi connectivity index (χ4v) is 3.41. The van der Waals surface area contributed by atoms with Crippen molar-refractivity contribution < 1.29 is 8.42 Å². The first-order valence-corrected chi connectivity index (χ1v) is 7.81. The molecular formula is C14H17N3O2S. The Labute approximate surface area is 118 Å². The lowest BCUT2D eigenvalue weighted by molar-refractivity contribution is 0.565. The van der Waals surface area contributed by atoms with Crippen LogP contribution in [0.4, 0.5) is 5.69 Å². The SMILES string of the molecule is C#CC(CCC)NS(=O)(=O)c1c[nH]c2ccc(N)cc12. The predicted molar refractivity (Wildman–Crippen MR) is 80.6 cm³/mol. The number of benzene rings is 1. The maximum absolute atomic E-state index is 12.4. The number of anilines is 1. The molecule has 1 unspecified atom stereocenters. The van der Waals surface area contributed by atoms with E-state index in [0.29, 0.717) is 23.0 Å². The molecule has 1 aromatic heterocycles. The molecule has 4 N–H and O–H groups in total. The topological polar surface area (TPSA) is 88.0 Å². The van der Waals surface area contributed by atoms with E-state index in [1.165, 1.54) is 6.20 Å². The van der Waals surface area contributed by atoms with E-state index in [-0.39, 0.29) is 4.90 Å². The summed E-state index contributed by atoms with van der Waals surface area (Å²) in [7, 11) is -3.67. The summed E-state index contributed by atoms with van der Waals surface area (Å²) in [6.07, 6.45) is 8.20. The highest BCUT2D eigenvalue weighted by atomic mass is 32.2. The summed E-state index contributed by atoms with van der Waals surface area (Å²) in [5, 5.41) is 0.560. The van der Waals surface area contributed by atoms with Gasteiger partial charge in [0.25, 0.3) is 0 Å². The van der Waals surface area contributed by atoms with Crippen LogP contribution in [0, 0.1) is 12.3 Å². The molecule has 2 rings (SSSR count). The second-order valence-corrected chi connectivity index (χ2v) is 6.27. The lowest BCUT2D eigenvalue weighted by Gasteiger charge is -2.12. The van der Waals surface area contributed by atoms with Gasteiger partial charge in [-0.15, -0.1) is 6.42 Å². The number of hydrogen-bond acceptors (Lipinski definition) is 3. The van der Waals surface area contributed by atoms with Crippen LogP contribution in [0.25, 0.3) is 10.9 Å². The van der Waals surface area contributed by atoms with Crippen molar-refractivity contribution in [2.24, 2.45) is 0 Å². The Bertz CT molecular complexity index is 756. The molecule has 2 aromatic rings. The number of nitrogen functional groups attached to an aromatic ring is 1. The molecule has 1 heterocycles. The van der Waals surface area contributed by atoms with Gasteiger partial charge in [0.1, 0.15) is 4.90 Å². The molecule has 0 aliphatic rings. The van der Waals surface area contributed by atoms with Gasteiger partial charge in [0.2, 0.25) is 10.0 Å². The van der Waals surface area contributed by atoms with Crippen molar-refractivity contribution in [3.63, 3.8) is 0 Å². The van der Waals surface area contributed by atoms with Crippen molar-refractivity contribution in [2.75, 3.05) is 5.73 Å². The number of fused-ring (bicyclic) bond motifs is 1. The molecule has 0 saturated carbocycles. The number of sulfonamides is 1. The third-order valence-electron chi connectivity index (χ3n) is 3.03. The number of H-pyrrole nitrogens is 1. The van der Waals surface area contributed by atoms with Gasteiger partial charge in [-0.3, -0.25) is 0 Å². The summed E-state index contributed by atoms with van der Waals surface area (Å²) in [5.74, 6) is 2.46. The molecule has 1 aromatic carbocycles. The first-order chi connectivity index (χ1) is 9.47. The molecule has 0 bridgehead atoms. The smallest absolute Gasteiger partial charge is 0.243 e. The lowest BCUT2D eigenvalue weighted by atomic mass is 10.2. The average molecular weight is 291 g/mol. The van der Waals surface area contributed by atoms with Gasteiger partial charge < -0.3 is 10.7 Å². The van der Waals surface area contributed by atoms with Crippen LogP contribution in [0.5, 0.6) is 0 Å². The standard InChI is InChI=1S/C14H17N3O2S/c1-3-5-11(4-2)17-20(18,19)14-9-16-13-7-6-10(15)8-12(13)14/h2,6-9,11,16-17H,3,5,15H2,1H3. The van der Waals surface area contributed by atoms with Crippen LogP contribution in [0.3, 0.4) is 0 Å². The third-order valence-corrected chi connectivity index (χ3v) is 4.54. The molecule has 0 amide bonds. The Hall–Kier alpha value is -1.97. The van der Waals surface area contributed by atoms with Crippen molar-refractivity contribution >= 4 is 26.6 Å². The molecular weight excluding hydrogens is 274 g/mol. The van der Waals surface area contributed by atoms with Crippen LogP contribution in [0.1, 0.15) is 19.8 Å². The normalized spacial score (nSPS) is 13.2. The Morgan fingerprint density at radius 1 is 1.50 bits per heavy atom. The van der Waals surface area contributed by atoms with E-state index in [2.05, 4.69) is 15.6 Å². The number of hydrogen-bond donors (Lipinski definition) is 3. The molecule has 0 saturated heterocycles. The van der Waals surface area contributed by atoms with E-state index in [0.717, 1.165) is 6.42 Å². The van der Waals surface area contributed by atoms with Gasteiger partial charge in [-0.25, -0.2) is 8.42 Å². The highest BCUT2D eigenvalue weighted by Gasteiger charge is 2.21. The second kappa shape index (κ2) is 5.57. The Morgan fingerprint density at radius 2 is 2.25 bits per heavy atom. The quantitative estimate of drug-likeness (QED) is 0.580. The Morgan fingerprint density at radius 3 is 2.90 bits per heavy atom. The van der Waals surface area contributed by atoms with Crippen molar-refractivity contribution in [1.82, 2.24) is 9.71 Å². The lowest BCUT2D eigenvalue weighted by Crippen LogP contribution is -2.33. The molecule has 0 spiro atoms. The van der Waals surface area contributed by atoms with Crippen molar-refractivity contribution in [3.8, 4) is 12.3 Å². The zero-order chi connectivity index (χ0) is 14.8. The van der Waals surface area contributed by atoms with Crippen LogP contribution in [-0.2, 0) is 10.0 Å². The minimum atomic E-state index is -3.67. The fraction of sp³-hybridized carbons (Fsp3) is 0.286. The number of nitrogens with one attached hydrogen (secondary N) is 2. The monoisotopic (exact) mass is 291 g/mol. The highest BCUT2D eigenvalue weighted by Crippen LogP contribution is 2.24. The minimum Gasteiger partial charge on any atom is -0.399 e. The van der Waals surface area contributed by atoms with Gasteiger partial charge in [-0.1, -0.05) is 19.3 Å². The van der Waals surface area contributed by atoms with E-state index in [1.54, 1.807) is 18.2 Å². The number of nitrogens with two attached hydrogens (primary N) is 1. The van der Waals surface area contributed by atoms with E-state index in [1.807, 2.05) is 6.92 Å². The van der Waals surface area contributed by atoms with Crippen LogP contribution < -0.4 is 10.5 Å². The average Bonchev–Trinajstić information content (AvgIpc) is 2.81. The zero-order valence-electron chi connectivity index (χ0n) is 11.2. The molecule has 106 valence electrons. The fourth-order valence-electron chi connectivity index (χ4n) is 2.05. The summed E-state index contributed by atoms with van der Waals surface area (Å²) in [6.45, 7) is 1.95. The third kappa shape index (κ3) is 2.79. The molecule has 5 nitrogen and oxygen atoms in total. The van der Waals surface area contributed by atoms with Gasteiger partial charge >= 0.3 is 0 Å². The second-order valence-electron chi connectivity index (χ2n) is 4.59. The Kier molecular flexibility index (Phi) is 4.02. The van der Waals surface area contributed by atoms with Crippen molar-refractivity contribution in [1.29, 1.82) is 0 Å². The van der Waals surface area contributed by atoms with Crippen LogP contribution in [0.15, 0.2) is 29.3 Å². The Balaban J connectivity index is 2.42. The van der Waals surface area contributed by atoms with Crippen molar-refractivity contribution in [3.05, 3.63) is 24.4 Å². The summed E-state index contributed by atoms with van der Waals surface area (Å²) < 4.78 is 27.3. The van der Waals surface area contributed by atoms with E-state index >= 15 is 0 Å². The molecule has 20 heavy (non-hydrogen) atoms. The molecule has 0 fully saturated rings. The molecule has 0 aliphatic heterocycles. The zero-order valence-corrected chi connectivity index (χ0v) is 12.0. The number of terminal acetylenes is 1. The van der Waals surface area contributed by atoms with Gasteiger partial charge in [0.15, 0.2) is 0 Å². The summed E-state index contributed by atoms with van der Waals surface area (Å²) in [6, 6.07) is 4.58. The molecule has 1 atom stereocenters. The maximum atomic E-state index is 12.4. The van der Waals surface area contributed by atoms with E-state index in [4.69, 9.17) is 12.2 Å². The largest absolute Gasteiger partial charge is 0.399 e. The minimum absolute atomic E-state index is 0.163. The van der Waals surface area contributed by atoms with E-state index < -0.39 is 16.1 Å². The summed E-state index contributed by atoms with van der Waals surface area (Å²) >= 11 is 0. The van der Waals surface area contributed by atoms with Crippen LogP contribution >= 0.6 is 0 Å².